The highest BCUT2D eigenvalue weighted by Gasteiger charge is 2.30. The number of carbonyl (C=O) groups excluding carboxylic acids is 1. The van der Waals surface area contributed by atoms with Crippen LogP contribution in [0.25, 0.3) is 10.8 Å². The number of anilines is 1. The van der Waals surface area contributed by atoms with Gasteiger partial charge in [-0.15, -0.1) is 0 Å². The van der Waals surface area contributed by atoms with Crippen molar-refractivity contribution in [1.29, 1.82) is 0 Å². The first-order chi connectivity index (χ1) is 12.8. The first-order valence-electron chi connectivity index (χ1n) is 8.22. The molecule has 7 heteroatoms. The van der Waals surface area contributed by atoms with Gasteiger partial charge < -0.3 is 15.7 Å². The molecule has 3 N–H and O–H groups in total. The molecule has 3 aromatic rings. The molecular formula is C20H17F3N2O2. The lowest BCUT2D eigenvalue weighted by molar-refractivity contribution is -0.137. The molecule has 0 saturated carbocycles. The highest BCUT2D eigenvalue weighted by atomic mass is 19.4. The Kier molecular flexibility index (Phi) is 5.32. The first-order valence-corrected chi connectivity index (χ1v) is 8.22. The van der Waals surface area contributed by atoms with Crippen LogP contribution in [0.3, 0.4) is 0 Å². The molecule has 3 rings (SSSR count). The van der Waals surface area contributed by atoms with Crippen LogP contribution in [-0.4, -0.2) is 17.7 Å². The summed E-state index contributed by atoms with van der Waals surface area (Å²) >= 11 is 0. The maximum Gasteiger partial charge on any atom is 0.416 e. The Hall–Kier alpha value is -3.06. The lowest BCUT2D eigenvalue weighted by atomic mass is 10.0. The molecule has 27 heavy (non-hydrogen) atoms. The van der Waals surface area contributed by atoms with Gasteiger partial charge in [-0.05, 0) is 34.5 Å². The van der Waals surface area contributed by atoms with Crippen LogP contribution < -0.4 is 10.6 Å². The van der Waals surface area contributed by atoms with Crippen molar-refractivity contribution in [1.82, 2.24) is 5.32 Å². The molecule has 0 radical (unpaired) electrons. The van der Waals surface area contributed by atoms with Crippen molar-refractivity contribution < 1.29 is 23.1 Å². The van der Waals surface area contributed by atoms with Crippen molar-refractivity contribution >= 4 is 22.5 Å². The van der Waals surface area contributed by atoms with Gasteiger partial charge >= 0.3 is 12.2 Å². The van der Waals surface area contributed by atoms with E-state index >= 15 is 0 Å². The molecule has 2 amide bonds. The van der Waals surface area contributed by atoms with Crippen molar-refractivity contribution in [3.05, 3.63) is 77.9 Å². The minimum Gasteiger partial charge on any atom is -0.387 e. The minimum atomic E-state index is -4.49. The number of rotatable bonds is 4. The Morgan fingerprint density at radius 3 is 2.48 bits per heavy atom. The summed E-state index contributed by atoms with van der Waals surface area (Å²) in [6, 6.07) is 16.7. The first kappa shape index (κ1) is 18.7. The molecule has 0 heterocycles. The third kappa shape index (κ3) is 4.57. The fraction of sp³-hybridized carbons (Fsp3) is 0.150. The number of urea groups is 1. The van der Waals surface area contributed by atoms with Gasteiger partial charge in [0.2, 0.25) is 0 Å². The number of aliphatic hydroxyl groups excluding tert-OH is 1. The van der Waals surface area contributed by atoms with Gasteiger partial charge in [0.25, 0.3) is 0 Å². The van der Waals surface area contributed by atoms with Gasteiger partial charge in [0.05, 0.1) is 11.7 Å². The number of carbonyl (C=O) groups is 1. The summed E-state index contributed by atoms with van der Waals surface area (Å²) in [6.07, 6.45) is -5.44. The molecule has 140 valence electrons. The Bertz CT molecular complexity index is 952. The number of aliphatic hydroxyl groups is 1. The average Bonchev–Trinajstić information content (AvgIpc) is 2.65. The zero-order valence-electron chi connectivity index (χ0n) is 14.1. The van der Waals surface area contributed by atoms with Crippen LogP contribution in [0, 0.1) is 0 Å². The highest BCUT2D eigenvalue weighted by Crippen LogP contribution is 2.30. The van der Waals surface area contributed by atoms with Crippen molar-refractivity contribution in [2.75, 3.05) is 11.9 Å². The van der Waals surface area contributed by atoms with Gasteiger partial charge in [-0.2, -0.15) is 13.2 Å². The molecule has 1 unspecified atom stereocenters. The molecule has 1 atom stereocenters. The summed E-state index contributed by atoms with van der Waals surface area (Å²) in [4.78, 5) is 12.0. The fourth-order valence-electron chi connectivity index (χ4n) is 2.79. The number of amides is 2. The van der Waals surface area contributed by atoms with Crippen LogP contribution in [0.1, 0.15) is 17.2 Å². The van der Waals surface area contributed by atoms with Crippen molar-refractivity contribution in [3.63, 3.8) is 0 Å². The highest BCUT2D eigenvalue weighted by molar-refractivity contribution is 5.89. The molecule has 0 saturated heterocycles. The number of fused-ring (bicyclic) bond motifs is 1. The van der Waals surface area contributed by atoms with E-state index in [0.29, 0.717) is 5.56 Å². The maximum atomic E-state index is 12.7. The van der Waals surface area contributed by atoms with E-state index in [2.05, 4.69) is 10.6 Å². The molecule has 0 aliphatic carbocycles. The number of halogens is 3. The third-order valence-electron chi connectivity index (χ3n) is 4.09. The second-order valence-corrected chi connectivity index (χ2v) is 6.00. The normalized spacial score (nSPS) is 12.6. The Labute approximate surface area is 153 Å². The Balaban J connectivity index is 1.64. The molecule has 0 aliphatic rings. The Morgan fingerprint density at radius 2 is 1.70 bits per heavy atom. The summed E-state index contributed by atoms with van der Waals surface area (Å²) in [5, 5.41) is 17.0. The van der Waals surface area contributed by atoms with Crippen LogP contribution in [0.4, 0.5) is 23.7 Å². The molecule has 4 nitrogen and oxygen atoms in total. The van der Waals surface area contributed by atoms with Crippen LogP contribution in [0.2, 0.25) is 0 Å². The van der Waals surface area contributed by atoms with Gasteiger partial charge in [0, 0.05) is 12.2 Å². The van der Waals surface area contributed by atoms with Crippen molar-refractivity contribution in [3.8, 4) is 0 Å². The van der Waals surface area contributed by atoms with Gasteiger partial charge in [-0.1, -0.05) is 48.5 Å². The molecule has 0 fully saturated rings. The largest absolute Gasteiger partial charge is 0.416 e. The minimum absolute atomic E-state index is 0.0157. The smallest absolute Gasteiger partial charge is 0.387 e. The lowest BCUT2D eigenvalue weighted by Crippen LogP contribution is -2.32. The molecule has 0 bridgehead atoms. The van der Waals surface area contributed by atoms with E-state index < -0.39 is 23.9 Å². The SMILES string of the molecule is O=C(NCC(O)c1cccc2ccccc12)Nc1cccc(C(F)(F)F)c1. The third-order valence-corrected chi connectivity index (χ3v) is 4.09. The average molecular weight is 374 g/mol. The summed E-state index contributed by atoms with van der Waals surface area (Å²) in [6.45, 7) is -0.0845. The maximum absolute atomic E-state index is 12.7. The Morgan fingerprint density at radius 1 is 1.00 bits per heavy atom. The lowest BCUT2D eigenvalue weighted by Gasteiger charge is -2.15. The van der Waals surface area contributed by atoms with E-state index in [1.807, 2.05) is 36.4 Å². The van der Waals surface area contributed by atoms with Gasteiger partial charge in [-0.3, -0.25) is 0 Å². The van der Waals surface area contributed by atoms with E-state index in [0.717, 1.165) is 22.9 Å². The topological polar surface area (TPSA) is 61.4 Å². The summed E-state index contributed by atoms with van der Waals surface area (Å²) in [5.41, 5.74) is -0.175. The van der Waals surface area contributed by atoms with Gasteiger partial charge in [0.1, 0.15) is 0 Å². The van der Waals surface area contributed by atoms with Gasteiger partial charge in [-0.25, -0.2) is 4.79 Å². The predicted octanol–water partition coefficient (Wildman–Crippen LogP) is 4.71. The molecule has 0 aromatic heterocycles. The van der Waals surface area contributed by atoms with Crippen LogP contribution in [-0.2, 0) is 6.18 Å². The van der Waals surface area contributed by atoms with Crippen LogP contribution in [0.15, 0.2) is 66.7 Å². The summed E-state index contributed by atoms with van der Waals surface area (Å²) in [7, 11) is 0. The quantitative estimate of drug-likeness (QED) is 0.619. The summed E-state index contributed by atoms with van der Waals surface area (Å²) in [5.74, 6) is 0. The number of alkyl halides is 3. The van der Waals surface area contributed by atoms with Crippen molar-refractivity contribution in [2.45, 2.75) is 12.3 Å². The van der Waals surface area contributed by atoms with E-state index in [1.165, 1.54) is 12.1 Å². The van der Waals surface area contributed by atoms with Crippen molar-refractivity contribution in [2.24, 2.45) is 0 Å². The molecular weight excluding hydrogens is 357 g/mol. The second-order valence-electron chi connectivity index (χ2n) is 6.00. The monoisotopic (exact) mass is 374 g/mol. The standard InChI is InChI=1S/C20H17F3N2O2/c21-20(22,23)14-7-4-8-15(11-14)25-19(27)24-12-18(26)17-10-3-6-13-5-1-2-9-16(13)17/h1-11,18,26H,12H2,(H2,24,25,27). The zero-order valence-corrected chi connectivity index (χ0v) is 14.1. The summed E-state index contributed by atoms with van der Waals surface area (Å²) < 4.78 is 38.1. The van der Waals surface area contributed by atoms with Crippen LogP contribution >= 0.6 is 0 Å². The fourth-order valence-corrected chi connectivity index (χ4v) is 2.79. The van der Waals surface area contributed by atoms with E-state index in [4.69, 9.17) is 0 Å². The van der Waals surface area contributed by atoms with E-state index in [-0.39, 0.29) is 12.2 Å². The van der Waals surface area contributed by atoms with Crippen LogP contribution in [0.5, 0.6) is 0 Å². The zero-order chi connectivity index (χ0) is 19.4. The van der Waals surface area contributed by atoms with E-state index in [9.17, 15) is 23.1 Å². The van der Waals surface area contributed by atoms with E-state index in [1.54, 1.807) is 6.07 Å². The second kappa shape index (κ2) is 7.67. The number of hydrogen-bond acceptors (Lipinski definition) is 2. The molecule has 0 aliphatic heterocycles. The molecule has 0 spiro atoms. The molecule has 3 aromatic carbocycles. The number of benzene rings is 3. The van der Waals surface area contributed by atoms with Gasteiger partial charge in [0.15, 0.2) is 0 Å². The number of nitrogens with one attached hydrogen (secondary N) is 2. The number of hydrogen-bond donors (Lipinski definition) is 3. The predicted molar refractivity (Wildman–Crippen MR) is 97.4 cm³/mol.